The third-order valence-electron chi connectivity index (χ3n) is 2.53. The quantitative estimate of drug-likeness (QED) is 0.812. The van der Waals surface area contributed by atoms with Gasteiger partial charge < -0.3 is 5.11 Å². The smallest absolute Gasteiger partial charge is 0.310 e. The molecule has 0 radical (unpaired) electrons. The maximum absolute atomic E-state index is 10.5. The highest BCUT2D eigenvalue weighted by atomic mass is 32.1. The molecule has 0 amide bonds. The molecule has 1 atom stereocenters. The summed E-state index contributed by atoms with van der Waals surface area (Å²) in [5, 5.41) is 9.41. The lowest BCUT2D eigenvalue weighted by Crippen LogP contribution is -2.09. The van der Waals surface area contributed by atoms with E-state index >= 15 is 0 Å². The number of fused-ring (bicyclic) bond motifs is 1. The van der Waals surface area contributed by atoms with Gasteiger partial charge in [-0.15, -0.1) is 11.3 Å². The minimum absolute atomic E-state index is 0.0754. The molecule has 0 spiro atoms. The van der Waals surface area contributed by atoms with Gasteiger partial charge in [0.15, 0.2) is 0 Å². The molecule has 76 valence electrons. The lowest BCUT2D eigenvalue weighted by molar-refractivity contribution is -0.136. The van der Waals surface area contributed by atoms with Gasteiger partial charge in [-0.25, -0.2) is 4.98 Å². The Bertz CT molecular complexity index is 359. The predicted octanol–water partition coefficient (Wildman–Crippen LogP) is 1.90. The fourth-order valence-electron chi connectivity index (χ4n) is 1.80. The van der Waals surface area contributed by atoms with E-state index < -0.39 is 5.97 Å². The van der Waals surface area contributed by atoms with Gasteiger partial charge in [-0.2, -0.15) is 0 Å². The summed E-state index contributed by atoms with van der Waals surface area (Å²) in [4.78, 5) is 16.2. The van der Waals surface area contributed by atoms with Crippen molar-refractivity contribution >= 4 is 17.3 Å². The van der Waals surface area contributed by atoms with Crippen LogP contribution in [0.5, 0.6) is 0 Å². The van der Waals surface area contributed by atoms with Crippen LogP contribution in [0.2, 0.25) is 0 Å². The van der Waals surface area contributed by atoms with Crippen LogP contribution < -0.4 is 0 Å². The third-order valence-corrected chi connectivity index (χ3v) is 3.65. The largest absolute Gasteiger partial charge is 0.481 e. The van der Waals surface area contributed by atoms with Crippen molar-refractivity contribution in [3.8, 4) is 0 Å². The molecular formula is C10H13NO2S. The van der Waals surface area contributed by atoms with E-state index in [0.29, 0.717) is 0 Å². The molecule has 2 rings (SSSR count). The molecule has 1 aliphatic carbocycles. The van der Waals surface area contributed by atoms with Gasteiger partial charge in [0.1, 0.15) is 5.01 Å². The van der Waals surface area contributed by atoms with Crippen LogP contribution in [0.3, 0.4) is 0 Å². The highest BCUT2D eigenvalue weighted by Crippen LogP contribution is 2.29. The molecular weight excluding hydrogens is 198 g/mol. The van der Waals surface area contributed by atoms with Gasteiger partial charge in [0, 0.05) is 4.88 Å². The number of nitrogens with zero attached hydrogens (tertiary/aromatic N) is 1. The third kappa shape index (κ3) is 1.95. The molecule has 0 fully saturated rings. The summed E-state index contributed by atoms with van der Waals surface area (Å²) in [5.74, 6) is -0.0650. The maximum atomic E-state index is 10.5. The summed E-state index contributed by atoms with van der Waals surface area (Å²) < 4.78 is 0. The molecule has 1 unspecified atom stereocenters. The summed E-state index contributed by atoms with van der Waals surface area (Å²) in [5.41, 5.74) is 1.14. The van der Waals surface area contributed by atoms with Crippen molar-refractivity contribution in [2.75, 3.05) is 0 Å². The van der Waals surface area contributed by atoms with Crippen molar-refractivity contribution in [3.63, 3.8) is 0 Å². The molecule has 0 aromatic carbocycles. The second kappa shape index (κ2) is 3.69. The minimum atomic E-state index is -0.788. The van der Waals surface area contributed by atoms with Crippen LogP contribution in [-0.2, 0) is 24.1 Å². The molecule has 1 aliphatic rings. The van der Waals surface area contributed by atoms with Gasteiger partial charge in [-0.1, -0.05) is 6.92 Å². The van der Waals surface area contributed by atoms with Crippen molar-refractivity contribution in [1.29, 1.82) is 0 Å². The van der Waals surface area contributed by atoms with Crippen LogP contribution in [0.15, 0.2) is 0 Å². The number of thiazole rings is 1. The van der Waals surface area contributed by atoms with E-state index in [-0.39, 0.29) is 6.42 Å². The second-order valence-corrected chi connectivity index (χ2v) is 5.06. The fourth-order valence-corrected chi connectivity index (χ4v) is 3.07. The van der Waals surface area contributed by atoms with Crippen LogP contribution in [0.4, 0.5) is 0 Å². The van der Waals surface area contributed by atoms with E-state index in [0.717, 1.165) is 29.5 Å². The maximum Gasteiger partial charge on any atom is 0.310 e. The highest BCUT2D eigenvalue weighted by molar-refractivity contribution is 7.11. The Morgan fingerprint density at radius 3 is 3.21 bits per heavy atom. The van der Waals surface area contributed by atoms with E-state index in [9.17, 15) is 4.79 Å². The average molecular weight is 211 g/mol. The number of aliphatic carboxylic acids is 1. The van der Waals surface area contributed by atoms with Gasteiger partial charge in [-0.3, -0.25) is 4.79 Å². The van der Waals surface area contributed by atoms with Crippen LogP contribution in [0, 0.1) is 5.92 Å². The molecule has 0 aliphatic heterocycles. The first-order valence-electron chi connectivity index (χ1n) is 4.84. The number of carboxylic acid groups (broad SMARTS) is 1. The van der Waals surface area contributed by atoms with Crippen LogP contribution in [0.1, 0.15) is 28.9 Å². The average Bonchev–Trinajstić information content (AvgIpc) is 2.44. The molecule has 4 heteroatoms. The van der Waals surface area contributed by atoms with Gasteiger partial charge in [0.2, 0.25) is 0 Å². The summed E-state index contributed by atoms with van der Waals surface area (Å²) in [6.45, 7) is 2.24. The normalized spacial score (nSPS) is 20.5. The zero-order valence-corrected chi connectivity index (χ0v) is 8.93. The van der Waals surface area contributed by atoms with Gasteiger partial charge >= 0.3 is 5.97 Å². The zero-order valence-electron chi connectivity index (χ0n) is 8.12. The number of hydrogen-bond donors (Lipinski definition) is 1. The van der Waals surface area contributed by atoms with E-state index in [1.54, 1.807) is 11.3 Å². The second-order valence-electron chi connectivity index (χ2n) is 3.90. The number of rotatable bonds is 2. The van der Waals surface area contributed by atoms with Crippen molar-refractivity contribution in [2.45, 2.75) is 32.6 Å². The first-order chi connectivity index (χ1) is 6.65. The highest BCUT2D eigenvalue weighted by Gasteiger charge is 2.20. The van der Waals surface area contributed by atoms with E-state index in [2.05, 4.69) is 11.9 Å². The van der Waals surface area contributed by atoms with Crippen LogP contribution >= 0.6 is 11.3 Å². The molecule has 3 nitrogen and oxygen atoms in total. The molecule has 1 aromatic rings. The predicted molar refractivity (Wildman–Crippen MR) is 54.6 cm³/mol. The van der Waals surface area contributed by atoms with Crippen molar-refractivity contribution in [3.05, 3.63) is 15.6 Å². The molecule has 14 heavy (non-hydrogen) atoms. The number of aryl methyl sites for hydroxylation is 1. The summed E-state index contributed by atoms with van der Waals surface area (Å²) in [7, 11) is 0. The van der Waals surface area contributed by atoms with Crippen molar-refractivity contribution in [1.82, 2.24) is 4.98 Å². The molecule has 1 N–H and O–H groups in total. The Morgan fingerprint density at radius 1 is 1.71 bits per heavy atom. The molecule has 0 bridgehead atoms. The Balaban J connectivity index is 2.19. The molecule has 1 aromatic heterocycles. The molecule has 1 heterocycles. The fraction of sp³-hybridized carbons (Fsp3) is 0.600. The standard InChI is InChI=1S/C10H13NO2S/c1-6-2-3-7-8(4-6)14-9(11-7)5-10(12)13/h6H,2-5H2,1H3,(H,12,13). The van der Waals surface area contributed by atoms with Gasteiger partial charge in [-0.05, 0) is 25.2 Å². The molecule has 0 saturated heterocycles. The minimum Gasteiger partial charge on any atom is -0.481 e. The topological polar surface area (TPSA) is 50.2 Å². The SMILES string of the molecule is CC1CCc2nc(CC(=O)O)sc2C1. The Kier molecular flexibility index (Phi) is 2.54. The van der Waals surface area contributed by atoms with E-state index in [4.69, 9.17) is 5.11 Å². The molecule has 0 saturated carbocycles. The van der Waals surface area contributed by atoms with Gasteiger partial charge in [0.25, 0.3) is 0 Å². The van der Waals surface area contributed by atoms with E-state index in [1.807, 2.05) is 0 Å². The Labute approximate surface area is 86.8 Å². The number of aromatic nitrogens is 1. The summed E-state index contributed by atoms with van der Waals surface area (Å²) in [6.07, 6.45) is 3.36. The summed E-state index contributed by atoms with van der Waals surface area (Å²) >= 11 is 1.58. The Morgan fingerprint density at radius 2 is 2.50 bits per heavy atom. The first-order valence-corrected chi connectivity index (χ1v) is 5.66. The number of carboxylic acids is 1. The lowest BCUT2D eigenvalue weighted by Gasteiger charge is -2.15. The van der Waals surface area contributed by atoms with E-state index in [1.165, 1.54) is 11.3 Å². The first kappa shape index (κ1) is 9.65. The number of hydrogen-bond acceptors (Lipinski definition) is 3. The van der Waals surface area contributed by atoms with Crippen LogP contribution in [0.25, 0.3) is 0 Å². The van der Waals surface area contributed by atoms with Crippen LogP contribution in [-0.4, -0.2) is 16.1 Å². The monoisotopic (exact) mass is 211 g/mol. The van der Waals surface area contributed by atoms with Crippen molar-refractivity contribution < 1.29 is 9.90 Å². The zero-order chi connectivity index (χ0) is 10.1. The Hall–Kier alpha value is -0.900. The van der Waals surface area contributed by atoms with Crippen molar-refractivity contribution in [2.24, 2.45) is 5.92 Å². The summed E-state index contributed by atoms with van der Waals surface area (Å²) in [6, 6.07) is 0. The van der Waals surface area contributed by atoms with Gasteiger partial charge in [0.05, 0.1) is 12.1 Å². The lowest BCUT2D eigenvalue weighted by atomic mass is 9.93. The number of carbonyl (C=O) groups is 1.